The first-order valence-corrected chi connectivity index (χ1v) is 4.88. The number of benzene rings is 1. The normalized spacial score (nSPS) is 10.8. The molecule has 1 aromatic carbocycles. The molecule has 3 aromatic rings. The van der Waals surface area contributed by atoms with E-state index in [1.807, 2.05) is 6.07 Å². The zero-order valence-electron chi connectivity index (χ0n) is 8.31. The minimum atomic E-state index is -0.247. The Morgan fingerprint density at radius 1 is 1.12 bits per heavy atom. The molecule has 0 spiro atoms. The molecule has 0 aliphatic heterocycles. The van der Waals surface area contributed by atoms with Gasteiger partial charge in [0.05, 0.1) is 11.8 Å². The summed E-state index contributed by atoms with van der Waals surface area (Å²) in [5, 5.41) is 0. The van der Waals surface area contributed by atoms with Gasteiger partial charge < -0.3 is 4.98 Å². The first-order valence-electron chi connectivity index (χ1n) is 4.88. The van der Waals surface area contributed by atoms with Gasteiger partial charge in [0.1, 0.15) is 5.82 Å². The maximum Gasteiger partial charge on any atom is 0.177 e. The van der Waals surface area contributed by atoms with Gasteiger partial charge in [-0.05, 0) is 12.1 Å². The van der Waals surface area contributed by atoms with Crippen molar-refractivity contribution in [2.75, 3.05) is 0 Å². The van der Waals surface area contributed by atoms with Gasteiger partial charge in [0.15, 0.2) is 5.65 Å². The summed E-state index contributed by atoms with van der Waals surface area (Å²) in [6.07, 6.45) is 3.20. The van der Waals surface area contributed by atoms with Crippen LogP contribution < -0.4 is 0 Å². The number of imidazole rings is 1. The lowest BCUT2D eigenvalue weighted by Crippen LogP contribution is -1.85. The SMILES string of the molecule is Fc1ccccc1-c1cnc2nc[nH]c2c1. The van der Waals surface area contributed by atoms with Crippen LogP contribution in [0.25, 0.3) is 22.3 Å². The van der Waals surface area contributed by atoms with Gasteiger partial charge in [0.2, 0.25) is 0 Å². The molecule has 0 fully saturated rings. The molecule has 0 aliphatic rings. The second-order valence-electron chi connectivity index (χ2n) is 3.48. The number of halogens is 1. The van der Waals surface area contributed by atoms with Crippen molar-refractivity contribution in [1.82, 2.24) is 15.0 Å². The lowest BCUT2D eigenvalue weighted by atomic mass is 10.1. The van der Waals surface area contributed by atoms with Gasteiger partial charge in [-0.15, -0.1) is 0 Å². The van der Waals surface area contributed by atoms with Crippen LogP contribution in [0, 0.1) is 5.82 Å². The molecule has 0 amide bonds. The summed E-state index contributed by atoms with van der Waals surface area (Å²) in [6.45, 7) is 0. The Hall–Kier alpha value is -2.23. The van der Waals surface area contributed by atoms with Crippen LogP contribution in [0.3, 0.4) is 0 Å². The molecular weight excluding hydrogens is 205 g/mol. The van der Waals surface area contributed by atoms with Crippen molar-refractivity contribution < 1.29 is 4.39 Å². The van der Waals surface area contributed by atoms with E-state index in [9.17, 15) is 4.39 Å². The van der Waals surface area contributed by atoms with E-state index in [2.05, 4.69) is 15.0 Å². The highest BCUT2D eigenvalue weighted by molar-refractivity contribution is 5.77. The summed E-state index contributed by atoms with van der Waals surface area (Å²) in [5.74, 6) is -0.247. The van der Waals surface area contributed by atoms with E-state index in [1.165, 1.54) is 6.07 Å². The lowest BCUT2D eigenvalue weighted by Gasteiger charge is -2.02. The van der Waals surface area contributed by atoms with Crippen LogP contribution in [-0.4, -0.2) is 15.0 Å². The van der Waals surface area contributed by atoms with E-state index in [1.54, 1.807) is 30.7 Å². The molecule has 0 aliphatic carbocycles. The molecule has 0 bridgehead atoms. The van der Waals surface area contributed by atoms with Crippen LogP contribution in [0.5, 0.6) is 0 Å². The predicted molar refractivity (Wildman–Crippen MR) is 59.3 cm³/mol. The third-order valence-electron chi connectivity index (χ3n) is 2.46. The first kappa shape index (κ1) is 9.03. The highest BCUT2D eigenvalue weighted by Crippen LogP contribution is 2.23. The van der Waals surface area contributed by atoms with E-state index in [4.69, 9.17) is 0 Å². The van der Waals surface area contributed by atoms with E-state index < -0.39 is 0 Å². The molecule has 0 atom stereocenters. The quantitative estimate of drug-likeness (QED) is 0.675. The van der Waals surface area contributed by atoms with Crippen LogP contribution in [0.4, 0.5) is 4.39 Å². The van der Waals surface area contributed by atoms with Gasteiger partial charge in [-0.3, -0.25) is 0 Å². The molecule has 0 saturated heterocycles. The Kier molecular flexibility index (Phi) is 1.93. The zero-order chi connectivity index (χ0) is 11.0. The minimum Gasteiger partial charge on any atom is -0.343 e. The molecule has 3 rings (SSSR count). The van der Waals surface area contributed by atoms with Gasteiger partial charge in [-0.1, -0.05) is 18.2 Å². The fraction of sp³-hybridized carbons (Fsp3) is 0. The van der Waals surface area contributed by atoms with Crippen molar-refractivity contribution in [3.05, 3.63) is 48.7 Å². The molecule has 0 radical (unpaired) electrons. The maximum atomic E-state index is 13.5. The monoisotopic (exact) mass is 213 g/mol. The van der Waals surface area contributed by atoms with Crippen LogP contribution in [-0.2, 0) is 0 Å². The molecule has 1 N–H and O–H groups in total. The fourth-order valence-corrected chi connectivity index (χ4v) is 1.67. The second kappa shape index (κ2) is 3.41. The summed E-state index contributed by atoms with van der Waals surface area (Å²) >= 11 is 0. The highest BCUT2D eigenvalue weighted by atomic mass is 19.1. The molecule has 16 heavy (non-hydrogen) atoms. The summed E-state index contributed by atoms with van der Waals surface area (Å²) < 4.78 is 13.5. The average molecular weight is 213 g/mol. The molecule has 4 heteroatoms. The van der Waals surface area contributed by atoms with Crippen molar-refractivity contribution >= 4 is 11.2 Å². The van der Waals surface area contributed by atoms with Crippen LogP contribution in [0.1, 0.15) is 0 Å². The Balaban J connectivity index is 2.22. The molecule has 0 saturated carbocycles. The van der Waals surface area contributed by atoms with Gasteiger partial charge >= 0.3 is 0 Å². The van der Waals surface area contributed by atoms with Crippen molar-refractivity contribution in [2.45, 2.75) is 0 Å². The second-order valence-corrected chi connectivity index (χ2v) is 3.48. The molecule has 2 aromatic heterocycles. The summed E-state index contributed by atoms with van der Waals surface area (Å²) in [5.41, 5.74) is 2.74. The largest absolute Gasteiger partial charge is 0.343 e. The number of H-pyrrole nitrogens is 1. The molecule has 78 valence electrons. The molecule has 0 unspecified atom stereocenters. The van der Waals surface area contributed by atoms with E-state index in [0.717, 1.165) is 11.1 Å². The number of fused-ring (bicyclic) bond motifs is 1. The van der Waals surface area contributed by atoms with Crippen LogP contribution in [0.2, 0.25) is 0 Å². The van der Waals surface area contributed by atoms with Crippen molar-refractivity contribution in [3.63, 3.8) is 0 Å². The number of aromatic nitrogens is 3. The lowest BCUT2D eigenvalue weighted by molar-refractivity contribution is 0.631. The standard InChI is InChI=1S/C12H8FN3/c13-10-4-2-1-3-9(10)8-5-11-12(14-6-8)16-7-15-11/h1-7H,(H,14,15,16). The Morgan fingerprint density at radius 3 is 2.88 bits per heavy atom. The summed E-state index contributed by atoms with van der Waals surface area (Å²) in [4.78, 5) is 11.1. The van der Waals surface area contributed by atoms with Gasteiger partial charge in [-0.25, -0.2) is 14.4 Å². The first-order chi connectivity index (χ1) is 7.84. The summed E-state index contributed by atoms with van der Waals surface area (Å²) in [7, 11) is 0. The van der Waals surface area contributed by atoms with Gasteiger partial charge in [-0.2, -0.15) is 0 Å². The fourth-order valence-electron chi connectivity index (χ4n) is 1.67. The predicted octanol–water partition coefficient (Wildman–Crippen LogP) is 2.76. The van der Waals surface area contributed by atoms with Crippen molar-refractivity contribution in [2.24, 2.45) is 0 Å². The number of pyridine rings is 1. The number of rotatable bonds is 1. The van der Waals surface area contributed by atoms with Crippen molar-refractivity contribution in [3.8, 4) is 11.1 Å². The van der Waals surface area contributed by atoms with E-state index in [0.29, 0.717) is 11.2 Å². The molecule has 3 nitrogen and oxygen atoms in total. The van der Waals surface area contributed by atoms with E-state index >= 15 is 0 Å². The van der Waals surface area contributed by atoms with Crippen LogP contribution in [0.15, 0.2) is 42.9 Å². The van der Waals surface area contributed by atoms with Crippen molar-refractivity contribution in [1.29, 1.82) is 0 Å². The number of nitrogens with one attached hydrogen (secondary N) is 1. The molecule has 2 heterocycles. The topological polar surface area (TPSA) is 41.6 Å². The maximum absolute atomic E-state index is 13.5. The Morgan fingerprint density at radius 2 is 2.00 bits per heavy atom. The molecular formula is C12H8FN3. The number of nitrogens with zero attached hydrogens (tertiary/aromatic N) is 2. The minimum absolute atomic E-state index is 0.247. The average Bonchev–Trinajstić information content (AvgIpc) is 2.76. The number of hydrogen-bond donors (Lipinski definition) is 1. The Bertz CT molecular complexity index is 645. The zero-order valence-corrected chi connectivity index (χ0v) is 8.31. The smallest absolute Gasteiger partial charge is 0.177 e. The number of aromatic amines is 1. The van der Waals surface area contributed by atoms with Crippen LogP contribution >= 0.6 is 0 Å². The third kappa shape index (κ3) is 1.35. The Labute approximate surface area is 91.0 Å². The number of hydrogen-bond acceptors (Lipinski definition) is 2. The highest BCUT2D eigenvalue weighted by Gasteiger charge is 2.06. The van der Waals surface area contributed by atoms with E-state index in [-0.39, 0.29) is 5.82 Å². The summed E-state index contributed by atoms with van der Waals surface area (Å²) in [6, 6.07) is 8.48. The van der Waals surface area contributed by atoms with Gasteiger partial charge in [0, 0.05) is 17.3 Å². The third-order valence-corrected chi connectivity index (χ3v) is 2.46. The van der Waals surface area contributed by atoms with Gasteiger partial charge in [0.25, 0.3) is 0 Å².